The lowest BCUT2D eigenvalue weighted by Crippen LogP contribution is -2.42. The van der Waals surface area contributed by atoms with Crippen molar-refractivity contribution in [3.63, 3.8) is 0 Å². The monoisotopic (exact) mass is 356 g/mol. The molecular weight excluding hydrogens is 339 g/mol. The number of halogens is 1. The zero-order chi connectivity index (χ0) is 12.7. The Morgan fingerprint density at radius 2 is 1.89 bits per heavy atom. The van der Waals surface area contributed by atoms with Gasteiger partial charge in [-0.15, -0.1) is 0 Å². The first kappa shape index (κ1) is 12.4. The molecule has 96 valence electrons. The molecule has 0 heterocycles. The SMILES string of the molecule is NC1C2CCC(C2)C1C(=O)Nc1ccc(I)cc1. The highest BCUT2D eigenvalue weighted by Gasteiger charge is 2.48. The molecule has 1 amide bonds. The Balaban J connectivity index is 1.70. The molecule has 0 saturated heterocycles. The van der Waals surface area contributed by atoms with Crippen molar-refractivity contribution in [3.05, 3.63) is 27.8 Å². The fraction of sp³-hybridized carbons (Fsp3) is 0.500. The van der Waals surface area contributed by atoms with Crippen molar-refractivity contribution in [1.29, 1.82) is 0 Å². The number of nitrogens with two attached hydrogens (primary N) is 1. The van der Waals surface area contributed by atoms with Gasteiger partial charge in [-0.1, -0.05) is 0 Å². The van der Waals surface area contributed by atoms with Crippen molar-refractivity contribution >= 4 is 34.2 Å². The minimum Gasteiger partial charge on any atom is -0.327 e. The molecule has 0 radical (unpaired) electrons. The van der Waals surface area contributed by atoms with E-state index in [1.807, 2.05) is 24.3 Å². The molecular formula is C14H17IN2O. The summed E-state index contributed by atoms with van der Waals surface area (Å²) in [6.45, 7) is 0. The highest BCUT2D eigenvalue weighted by molar-refractivity contribution is 14.1. The van der Waals surface area contributed by atoms with Crippen molar-refractivity contribution in [1.82, 2.24) is 0 Å². The van der Waals surface area contributed by atoms with Crippen LogP contribution in [0.2, 0.25) is 0 Å². The third-order valence-electron chi connectivity index (χ3n) is 4.40. The molecule has 2 saturated carbocycles. The minimum atomic E-state index is 0.0167. The van der Waals surface area contributed by atoms with Gasteiger partial charge in [-0.3, -0.25) is 4.79 Å². The summed E-state index contributed by atoms with van der Waals surface area (Å²) in [7, 11) is 0. The van der Waals surface area contributed by atoms with E-state index in [0.29, 0.717) is 11.8 Å². The molecule has 3 nitrogen and oxygen atoms in total. The zero-order valence-corrected chi connectivity index (χ0v) is 12.3. The first-order chi connectivity index (χ1) is 8.65. The molecule has 0 aromatic heterocycles. The largest absolute Gasteiger partial charge is 0.327 e. The van der Waals surface area contributed by atoms with E-state index >= 15 is 0 Å². The summed E-state index contributed by atoms with van der Waals surface area (Å²) in [5, 5.41) is 3.00. The third kappa shape index (κ3) is 2.16. The molecule has 4 atom stereocenters. The van der Waals surface area contributed by atoms with Crippen LogP contribution in [-0.2, 0) is 4.79 Å². The van der Waals surface area contributed by atoms with Crippen LogP contribution >= 0.6 is 22.6 Å². The lowest BCUT2D eigenvalue weighted by atomic mass is 9.84. The third-order valence-corrected chi connectivity index (χ3v) is 5.11. The Morgan fingerprint density at radius 1 is 1.22 bits per heavy atom. The summed E-state index contributed by atoms with van der Waals surface area (Å²) >= 11 is 2.25. The molecule has 1 aromatic carbocycles. The lowest BCUT2D eigenvalue weighted by molar-refractivity contribution is -0.121. The molecule has 2 aliphatic rings. The normalized spacial score (nSPS) is 33.7. The lowest BCUT2D eigenvalue weighted by Gasteiger charge is -2.27. The average molecular weight is 356 g/mol. The van der Waals surface area contributed by atoms with Crippen LogP contribution in [0.5, 0.6) is 0 Å². The number of carbonyl (C=O) groups is 1. The summed E-state index contributed by atoms with van der Waals surface area (Å²) in [6.07, 6.45) is 3.52. The van der Waals surface area contributed by atoms with Gasteiger partial charge in [-0.25, -0.2) is 0 Å². The highest BCUT2D eigenvalue weighted by atomic mass is 127. The minimum absolute atomic E-state index is 0.0167. The first-order valence-electron chi connectivity index (χ1n) is 6.47. The van der Waals surface area contributed by atoms with Crippen LogP contribution in [0.4, 0.5) is 5.69 Å². The number of amides is 1. The molecule has 0 spiro atoms. The smallest absolute Gasteiger partial charge is 0.229 e. The molecule has 2 bridgehead atoms. The van der Waals surface area contributed by atoms with E-state index in [4.69, 9.17) is 5.73 Å². The molecule has 1 aromatic rings. The van der Waals surface area contributed by atoms with Gasteiger partial charge in [0, 0.05) is 15.3 Å². The van der Waals surface area contributed by atoms with E-state index in [9.17, 15) is 4.79 Å². The second-order valence-corrected chi connectivity index (χ2v) is 6.68. The van der Waals surface area contributed by atoms with E-state index in [-0.39, 0.29) is 17.9 Å². The summed E-state index contributed by atoms with van der Waals surface area (Å²) < 4.78 is 1.17. The molecule has 3 rings (SSSR count). The average Bonchev–Trinajstić information content (AvgIpc) is 2.92. The Kier molecular flexibility index (Phi) is 3.32. The number of anilines is 1. The maximum Gasteiger partial charge on any atom is 0.229 e. The van der Waals surface area contributed by atoms with Crippen molar-refractivity contribution in [3.8, 4) is 0 Å². The predicted molar refractivity (Wildman–Crippen MR) is 80.1 cm³/mol. The van der Waals surface area contributed by atoms with Crippen molar-refractivity contribution in [2.24, 2.45) is 23.5 Å². The van der Waals surface area contributed by atoms with Crippen LogP contribution < -0.4 is 11.1 Å². The Bertz CT molecular complexity index is 457. The van der Waals surface area contributed by atoms with Gasteiger partial charge in [0.2, 0.25) is 5.91 Å². The molecule has 4 heteroatoms. The first-order valence-corrected chi connectivity index (χ1v) is 7.55. The summed E-state index contributed by atoms with van der Waals surface area (Å²) in [5.74, 6) is 1.20. The molecule has 0 aliphatic heterocycles. The quantitative estimate of drug-likeness (QED) is 0.801. The highest BCUT2D eigenvalue weighted by Crippen LogP contribution is 2.47. The van der Waals surface area contributed by atoms with Gasteiger partial charge in [-0.05, 0) is 78.0 Å². The van der Waals surface area contributed by atoms with E-state index in [0.717, 1.165) is 12.1 Å². The van der Waals surface area contributed by atoms with Gasteiger partial charge in [-0.2, -0.15) is 0 Å². The van der Waals surface area contributed by atoms with E-state index in [2.05, 4.69) is 27.9 Å². The van der Waals surface area contributed by atoms with Gasteiger partial charge in [0.05, 0.1) is 5.92 Å². The number of hydrogen-bond donors (Lipinski definition) is 2. The van der Waals surface area contributed by atoms with Crippen LogP contribution in [0.25, 0.3) is 0 Å². The summed E-state index contributed by atoms with van der Waals surface area (Å²) in [6, 6.07) is 7.94. The number of benzene rings is 1. The number of nitrogens with one attached hydrogen (secondary N) is 1. The van der Waals surface area contributed by atoms with Gasteiger partial charge in [0.25, 0.3) is 0 Å². The second kappa shape index (κ2) is 4.81. The Hall–Kier alpha value is -0.620. The maximum atomic E-state index is 12.3. The van der Waals surface area contributed by atoms with Crippen molar-refractivity contribution < 1.29 is 4.79 Å². The van der Waals surface area contributed by atoms with Crippen LogP contribution in [0, 0.1) is 21.3 Å². The van der Waals surface area contributed by atoms with E-state index < -0.39 is 0 Å². The molecule has 4 unspecified atom stereocenters. The predicted octanol–water partition coefficient (Wildman–Crippen LogP) is 2.60. The number of fused-ring (bicyclic) bond motifs is 2. The number of hydrogen-bond acceptors (Lipinski definition) is 2. The number of rotatable bonds is 2. The fourth-order valence-corrected chi connectivity index (χ4v) is 3.84. The fourth-order valence-electron chi connectivity index (χ4n) is 3.48. The van der Waals surface area contributed by atoms with E-state index in [1.165, 1.54) is 16.4 Å². The van der Waals surface area contributed by atoms with Gasteiger partial charge in [0.1, 0.15) is 0 Å². The van der Waals surface area contributed by atoms with Gasteiger partial charge < -0.3 is 11.1 Å². The van der Waals surface area contributed by atoms with Crippen LogP contribution in [0.1, 0.15) is 19.3 Å². The zero-order valence-electron chi connectivity index (χ0n) is 10.1. The van der Waals surface area contributed by atoms with Crippen LogP contribution in [-0.4, -0.2) is 11.9 Å². The Morgan fingerprint density at radius 3 is 2.50 bits per heavy atom. The summed E-state index contributed by atoms with van der Waals surface area (Å²) in [4.78, 5) is 12.3. The standard InChI is InChI=1S/C14H17IN2O/c15-10-3-5-11(6-4-10)17-14(18)12-8-1-2-9(7-8)13(12)16/h3-6,8-9,12-13H,1-2,7,16H2,(H,17,18). The van der Waals surface area contributed by atoms with Crippen LogP contribution in [0.3, 0.4) is 0 Å². The van der Waals surface area contributed by atoms with Crippen molar-refractivity contribution in [2.45, 2.75) is 25.3 Å². The van der Waals surface area contributed by atoms with Gasteiger partial charge in [0.15, 0.2) is 0 Å². The Labute approximate surface area is 121 Å². The molecule has 18 heavy (non-hydrogen) atoms. The van der Waals surface area contributed by atoms with Crippen LogP contribution in [0.15, 0.2) is 24.3 Å². The molecule has 3 N–H and O–H groups in total. The maximum absolute atomic E-state index is 12.3. The summed E-state index contributed by atoms with van der Waals surface area (Å²) in [5.41, 5.74) is 7.05. The van der Waals surface area contributed by atoms with E-state index in [1.54, 1.807) is 0 Å². The topological polar surface area (TPSA) is 55.1 Å². The number of carbonyl (C=O) groups excluding carboxylic acids is 1. The van der Waals surface area contributed by atoms with Crippen molar-refractivity contribution in [2.75, 3.05) is 5.32 Å². The molecule has 2 fully saturated rings. The van der Waals surface area contributed by atoms with Gasteiger partial charge >= 0.3 is 0 Å². The molecule has 2 aliphatic carbocycles. The second-order valence-electron chi connectivity index (χ2n) is 5.43.